The highest BCUT2D eigenvalue weighted by Gasteiger charge is 2.11. The van der Waals surface area contributed by atoms with Gasteiger partial charge in [-0.15, -0.1) is 11.3 Å². The van der Waals surface area contributed by atoms with Crippen LogP contribution in [0, 0.1) is 5.82 Å². The van der Waals surface area contributed by atoms with E-state index in [4.69, 9.17) is 0 Å². The minimum absolute atomic E-state index is 0.0775. The summed E-state index contributed by atoms with van der Waals surface area (Å²) in [6.07, 6.45) is 0.970. The second-order valence-electron chi connectivity index (χ2n) is 4.07. The number of aromatic hydroxyl groups is 1. The molecule has 0 aliphatic heterocycles. The van der Waals surface area contributed by atoms with E-state index < -0.39 is 11.7 Å². The van der Waals surface area contributed by atoms with Crippen molar-refractivity contribution >= 4 is 17.2 Å². The molecule has 0 radical (unpaired) electrons. The summed E-state index contributed by atoms with van der Waals surface area (Å²) in [5.41, 5.74) is 0.0775. The summed E-state index contributed by atoms with van der Waals surface area (Å²) in [7, 11) is 0. The summed E-state index contributed by atoms with van der Waals surface area (Å²) in [6, 6.07) is 7.34. The lowest BCUT2D eigenvalue weighted by Crippen LogP contribution is -2.22. The molecular formula is C14H14FNO2S. The van der Waals surface area contributed by atoms with Crippen LogP contribution in [0.25, 0.3) is 0 Å². The molecule has 19 heavy (non-hydrogen) atoms. The topological polar surface area (TPSA) is 49.3 Å². The zero-order valence-electron chi connectivity index (χ0n) is 10.4. The number of halogens is 1. The van der Waals surface area contributed by atoms with Gasteiger partial charge in [0.1, 0.15) is 11.6 Å². The molecule has 0 fully saturated rings. The third kappa shape index (κ3) is 3.32. The highest BCUT2D eigenvalue weighted by atomic mass is 32.1. The molecule has 2 aromatic rings. The molecule has 2 rings (SSSR count). The van der Waals surface area contributed by atoms with E-state index in [2.05, 4.69) is 12.2 Å². The van der Waals surface area contributed by atoms with Crippen LogP contribution in [0.15, 0.2) is 30.3 Å². The normalized spacial score (nSPS) is 10.4. The molecule has 0 saturated carbocycles. The van der Waals surface area contributed by atoms with E-state index in [0.717, 1.165) is 23.4 Å². The molecule has 0 bridgehead atoms. The van der Waals surface area contributed by atoms with Gasteiger partial charge in [-0.1, -0.05) is 6.92 Å². The monoisotopic (exact) mass is 279 g/mol. The lowest BCUT2D eigenvalue weighted by molar-refractivity contribution is 0.0948. The van der Waals surface area contributed by atoms with Gasteiger partial charge in [-0.2, -0.15) is 0 Å². The number of thiophene rings is 1. The molecule has 1 aromatic heterocycles. The van der Waals surface area contributed by atoms with Crippen LogP contribution >= 0.6 is 11.3 Å². The minimum Gasteiger partial charge on any atom is -0.507 e. The number of phenolic OH excluding ortho intramolecular Hbond substituents is 1. The molecular weight excluding hydrogens is 265 g/mol. The van der Waals surface area contributed by atoms with Crippen LogP contribution in [-0.4, -0.2) is 11.0 Å². The summed E-state index contributed by atoms with van der Waals surface area (Å²) in [4.78, 5) is 14.1. The van der Waals surface area contributed by atoms with Gasteiger partial charge in [0.15, 0.2) is 0 Å². The smallest absolute Gasteiger partial charge is 0.255 e. The van der Waals surface area contributed by atoms with Crippen LogP contribution < -0.4 is 5.32 Å². The largest absolute Gasteiger partial charge is 0.507 e. The quantitative estimate of drug-likeness (QED) is 0.903. The first kappa shape index (κ1) is 13.5. The van der Waals surface area contributed by atoms with Crippen molar-refractivity contribution < 1.29 is 14.3 Å². The number of rotatable bonds is 4. The standard InChI is InChI=1S/C14H14FNO2S/c1-2-10-4-5-11(19-10)8-16-14(18)12-6-3-9(15)7-13(12)17/h3-7,17H,2,8H2,1H3,(H,16,18). The predicted octanol–water partition coefficient (Wildman–Crippen LogP) is 3.09. The second kappa shape index (κ2) is 5.84. The summed E-state index contributed by atoms with van der Waals surface area (Å²) in [6.45, 7) is 2.48. The summed E-state index contributed by atoms with van der Waals surface area (Å²) < 4.78 is 12.8. The fourth-order valence-corrected chi connectivity index (χ4v) is 2.56. The maximum atomic E-state index is 12.8. The highest BCUT2D eigenvalue weighted by molar-refractivity contribution is 7.11. The Morgan fingerprint density at radius 2 is 2.05 bits per heavy atom. The zero-order valence-corrected chi connectivity index (χ0v) is 11.3. The lowest BCUT2D eigenvalue weighted by Gasteiger charge is -2.05. The first-order chi connectivity index (χ1) is 9.10. The van der Waals surface area contributed by atoms with Crippen molar-refractivity contribution in [1.29, 1.82) is 0 Å². The number of amides is 1. The number of nitrogens with one attached hydrogen (secondary N) is 1. The fourth-order valence-electron chi connectivity index (χ4n) is 1.67. The Labute approximate surface area is 114 Å². The van der Waals surface area contributed by atoms with Gasteiger partial charge in [-0.3, -0.25) is 4.79 Å². The first-order valence-electron chi connectivity index (χ1n) is 5.94. The van der Waals surface area contributed by atoms with Gasteiger partial charge < -0.3 is 10.4 Å². The SMILES string of the molecule is CCc1ccc(CNC(=O)c2ccc(F)cc2O)s1. The molecule has 1 heterocycles. The molecule has 0 saturated heterocycles. The van der Waals surface area contributed by atoms with Crippen molar-refractivity contribution in [3.8, 4) is 5.75 Å². The van der Waals surface area contributed by atoms with Crippen molar-refractivity contribution in [3.63, 3.8) is 0 Å². The Hall–Kier alpha value is -1.88. The van der Waals surface area contributed by atoms with Gasteiger partial charge in [0.25, 0.3) is 5.91 Å². The van der Waals surface area contributed by atoms with E-state index in [1.54, 1.807) is 11.3 Å². The van der Waals surface area contributed by atoms with Gasteiger partial charge in [-0.05, 0) is 30.7 Å². The Balaban J connectivity index is 2.01. The molecule has 3 nitrogen and oxygen atoms in total. The maximum Gasteiger partial charge on any atom is 0.255 e. The Morgan fingerprint density at radius 3 is 2.68 bits per heavy atom. The van der Waals surface area contributed by atoms with E-state index in [1.807, 2.05) is 12.1 Å². The van der Waals surface area contributed by atoms with Gasteiger partial charge in [-0.25, -0.2) is 4.39 Å². The number of hydrogen-bond donors (Lipinski definition) is 2. The molecule has 0 spiro atoms. The van der Waals surface area contributed by atoms with Gasteiger partial charge in [0.2, 0.25) is 0 Å². The number of carbonyl (C=O) groups is 1. The van der Waals surface area contributed by atoms with E-state index in [1.165, 1.54) is 10.9 Å². The van der Waals surface area contributed by atoms with Crippen LogP contribution in [-0.2, 0) is 13.0 Å². The summed E-state index contributed by atoms with van der Waals surface area (Å²) >= 11 is 1.64. The molecule has 1 aromatic carbocycles. The number of carbonyl (C=O) groups excluding carboxylic acids is 1. The number of hydrogen-bond acceptors (Lipinski definition) is 3. The third-order valence-corrected chi connectivity index (χ3v) is 3.92. The molecule has 5 heteroatoms. The van der Waals surface area contributed by atoms with E-state index >= 15 is 0 Å². The van der Waals surface area contributed by atoms with Crippen molar-refractivity contribution in [2.75, 3.05) is 0 Å². The minimum atomic E-state index is -0.570. The van der Waals surface area contributed by atoms with E-state index in [9.17, 15) is 14.3 Å². The van der Waals surface area contributed by atoms with Gasteiger partial charge in [0, 0.05) is 15.8 Å². The number of benzene rings is 1. The Morgan fingerprint density at radius 1 is 1.32 bits per heavy atom. The van der Waals surface area contributed by atoms with Crippen LogP contribution in [0.3, 0.4) is 0 Å². The fraction of sp³-hybridized carbons (Fsp3) is 0.214. The summed E-state index contributed by atoms with van der Waals surface area (Å²) in [5, 5.41) is 12.2. The van der Waals surface area contributed by atoms with Crippen LogP contribution in [0.4, 0.5) is 4.39 Å². The molecule has 1 amide bonds. The molecule has 0 aliphatic carbocycles. The Kier molecular flexibility index (Phi) is 4.16. The van der Waals surface area contributed by atoms with Crippen LogP contribution in [0.2, 0.25) is 0 Å². The molecule has 100 valence electrons. The van der Waals surface area contributed by atoms with E-state index in [-0.39, 0.29) is 11.3 Å². The number of aryl methyl sites for hydroxylation is 1. The lowest BCUT2D eigenvalue weighted by atomic mass is 10.2. The van der Waals surface area contributed by atoms with Crippen molar-refractivity contribution in [3.05, 3.63) is 51.5 Å². The predicted molar refractivity (Wildman–Crippen MR) is 72.9 cm³/mol. The zero-order chi connectivity index (χ0) is 13.8. The third-order valence-electron chi connectivity index (χ3n) is 2.69. The van der Waals surface area contributed by atoms with Crippen molar-refractivity contribution in [2.24, 2.45) is 0 Å². The average molecular weight is 279 g/mol. The van der Waals surface area contributed by atoms with Crippen LogP contribution in [0.5, 0.6) is 5.75 Å². The van der Waals surface area contributed by atoms with Crippen LogP contribution in [0.1, 0.15) is 27.0 Å². The maximum absolute atomic E-state index is 12.8. The number of phenols is 1. The first-order valence-corrected chi connectivity index (χ1v) is 6.76. The summed E-state index contributed by atoms with van der Waals surface area (Å²) in [5.74, 6) is -1.33. The molecule has 0 unspecified atom stereocenters. The molecule has 0 aliphatic rings. The highest BCUT2D eigenvalue weighted by Crippen LogP contribution is 2.19. The van der Waals surface area contributed by atoms with Gasteiger partial charge >= 0.3 is 0 Å². The van der Waals surface area contributed by atoms with Crippen molar-refractivity contribution in [1.82, 2.24) is 5.32 Å². The molecule has 2 N–H and O–H groups in total. The molecule has 0 atom stereocenters. The average Bonchev–Trinajstić information content (AvgIpc) is 2.84. The van der Waals surface area contributed by atoms with Gasteiger partial charge in [0.05, 0.1) is 12.1 Å². The van der Waals surface area contributed by atoms with Crippen molar-refractivity contribution in [2.45, 2.75) is 19.9 Å². The van der Waals surface area contributed by atoms with E-state index in [0.29, 0.717) is 6.54 Å². The Bertz CT molecular complexity index is 595. The second-order valence-corrected chi connectivity index (χ2v) is 5.32.